The molecule has 2 aromatic carbocycles. The van der Waals surface area contributed by atoms with Crippen molar-refractivity contribution < 1.29 is 18.5 Å². The van der Waals surface area contributed by atoms with Crippen LogP contribution in [0.3, 0.4) is 0 Å². The first-order chi connectivity index (χ1) is 14.1. The summed E-state index contributed by atoms with van der Waals surface area (Å²) in [6, 6.07) is 13.2. The van der Waals surface area contributed by atoms with Crippen LogP contribution in [0.4, 0.5) is 4.39 Å². The number of aryl methyl sites for hydroxylation is 1. The van der Waals surface area contributed by atoms with Crippen molar-refractivity contribution in [3.8, 4) is 11.1 Å². The molecular weight excluding hydrogens is 375 g/mol. The average molecular weight is 394 g/mol. The van der Waals surface area contributed by atoms with Gasteiger partial charge in [0.2, 0.25) is 5.89 Å². The van der Waals surface area contributed by atoms with E-state index >= 15 is 0 Å². The molecule has 0 bridgehead atoms. The molecule has 148 valence electrons. The van der Waals surface area contributed by atoms with E-state index in [1.54, 1.807) is 24.0 Å². The Kier molecular flexibility index (Phi) is 5.07. The van der Waals surface area contributed by atoms with Gasteiger partial charge in [0.05, 0.1) is 12.3 Å². The van der Waals surface area contributed by atoms with Gasteiger partial charge >= 0.3 is 0 Å². The lowest BCUT2D eigenvalue weighted by atomic mass is 10.0. The molecule has 1 fully saturated rings. The zero-order chi connectivity index (χ0) is 20.4. The van der Waals surface area contributed by atoms with E-state index in [2.05, 4.69) is 15.3 Å². The van der Waals surface area contributed by atoms with Crippen LogP contribution < -0.4 is 0 Å². The minimum absolute atomic E-state index is 0.237. The predicted molar refractivity (Wildman–Crippen MR) is 104 cm³/mol. The van der Waals surface area contributed by atoms with E-state index in [1.165, 1.54) is 13.2 Å². The third-order valence-electron chi connectivity index (χ3n) is 4.77. The van der Waals surface area contributed by atoms with Crippen LogP contribution in [0.15, 0.2) is 58.2 Å². The molecule has 0 unspecified atom stereocenters. The number of halogens is 1. The van der Waals surface area contributed by atoms with Gasteiger partial charge in [-0.15, -0.1) is 0 Å². The molecule has 2 heterocycles. The number of nitrogens with zero attached hydrogens (tertiary/aromatic N) is 4. The molecule has 0 aliphatic carbocycles. The Morgan fingerprint density at radius 3 is 2.72 bits per heavy atom. The molecule has 8 heteroatoms. The van der Waals surface area contributed by atoms with E-state index in [1.807, 2.05) is 30.3 Å². The number of hydrogen-bond acceptors (Lipinski definition) is 6. The topological polar surface area (TPSA) is 80.8 Å². The van der Waals surface area contributed by atoms with Crippen molar-refractivity contribution >= 4 is 11.6 Å². The van der Waals surface area contributed by atoms with Gasteiger partial charge in [-0.2, -0.15) is 4.98 Å². The number of benzene rings is 2. The lowest BCUT2D eigenvalue weighted by Crippen LogP contribution is -2.31. The van der Waals surface area contributed by atoms with Gasteiger partial charge in [0.1, 0.15) is 19.0 Å². The van der Waals surface area contributed by atoms with Crippen molar-refractivity contribution in [1.29, 1.82) is 0 Å². The monoisotopic (exact) mass is 394 g/mol. The van der Waals surface area contributed by atoms with E-state index in [0.717, 1.165) is 5.56 Å². The highest BCUT2D eigenvalue weighted by Crippen LogP contribution is 2.32. The molecule has 1 aliphatic rings. The number of carbonyl (C=O) groups excluding carboxylic acids is 1. The Labute approximate surface area is 166 Å². The summed E-state index contributed by atoms with van der Waals surface area (Å²) in [4.78, 5) is 23.8. The van der Waals surface area contributed by atoms with Gasteiger partial charge in [-0.05, 0) is 24.6 Å². The van der Waals surface area contributed by atoms with E-state index in [4.69, 9.17) is 9.36 Å². The molecule has 1 aromatic heterocycles. The van der Waals surface area contributed by atoms with E-state index in [0.29, 0.717) is 29.4 Å². The summed E-state index contributed by atoms with van der Waals surface area (Å²) in [6.45, 7) is 1.94. The number of carbonyl (C=O) groups is 1. The van der Waals surface area contributed by atoms with Crippen molar-refractivity contribution in [3.05, 3.63) is 71.6 Å². The molecule has 1 amide bonds. The van der Waals surface area contributed by atoms with Gasteiger partial charge in [0.15, 0.2) is 5.82 Å². The Morgan fingerprint density at radius 2 is 2.07 bits per heavy atom. The molecule has 1 atom stereocenters. The van der Waals surface area contributed by atoms with Crippen LogP contribution in [0.2, 0.25) is 0 Å². The predicted octanol–water partition coefficient (Wildman–Crippen LogP) is 3.77. The lowest BCUT2D eigenvalue weighted by Gasteiger charge is -2.21. The molecule has 1 saturated heterocycles. The second-order valence-corrected chi connectivity index (χ2v) is 6.73. The highest BCUT2D eigenvalue weighted by Gasteiger charge is 2.38. The fourth-order valence-electron chi connectivity index (χ4n) is 3.45. The second kappa shape index (κ2) is 7.83. The van der Waals surface area contributed by atoms with Crippen LogP contribution in [0.1, 0.15) is 34.5 Å². The summed E-state index contributed by atoms with van der Waals surface area (Å²) in [7, 11) is 1.45. The van der Waals surface area contributed by atoms with Gasteiger partial charge in [-0.1, -0.05) is 46.7 Å². The number of oxime groups is 1. The summed E-state index contributed by atoms with van der Waals surface area (Å²) >= 11 is 0. The maximum absolute atomic E-state index is 14.7. The van der Waals surface area contributed by atoms with Crippen molar-refractivity contribution in [1.82, 2.24) is 15.0 Å². The van der Waals surface area contributed by atoms with Crippen LogP contribution in [-0.2, 0) is 4.84 Å². The SMILES string of the molecule is CO/N=C1/C[C@@H](c2nc(C)no2)N(C(=O)c2ccc(-c3ccccc3)c(F)c2)C1. The van der Waals surface area contributed by atoms with Gasteiger partial charge in [-0.3, -0.25) is 4.79 Å². The number of amides is 1. The summed E-state index contributed by atoms with van der Waals surface area (Å²) in [6.07, 6.45) is 0.409. The number of aromatic nitrogens is 2. The van der Waals surface area contributed by atoms with Crippen LogP contribution >= 0.6 is 0 Å². The molecule has 0 N–H and O–H groups in total. The zero-order valence-corrected chi connectivity index (χ0v) is 16.0. The Hall–Kier alpha value is -3.55. The summed E-state index contributed by atoms with van der Waals surface area (Å²) < 4.78 is 20.0. The Balaban J connectivity index is 1.65. The van der Waals surface area contributed by atoms with Crippen molar-refractivity contribution in [3.63, 3.8) is 0 Å². The summed E-state index contributed by atoms with van der Waals surface area (Å²) in [5, 5.41) is 7.77. The lowest BCUT2D eigenvalue weighted by molar-refractivity contribution is 0.0713. The fraction of sp³-hybridized carbons (Fsp3) is 0.238. The molecule has 0 saturated carbocycles. The number of rotatable bonds is 4. The fourth-order valence-corrected chi connectivity index (χ4v) is 3.45. The molecule has 0 spiro atoms. The molecule has 7 nitrogen and oxygen atoms in total. The minimum Gasteiger partial charge on any atom is -0.399 e. The van der Waals surface area contributed by atoms with Crippen molar-refractivity contribution in [2.75, 3.05) is 13.7 Å². The van der Waals surface area contributed by atoms with Crippen LogP contribution in [0.25, 0.3) is 11.1 Å². The number of hydrogen-bond donors (Lipinski definition) is 0. The molecular formula is C21H19FN4O3. The Morgan fingerprint density at radius 1 is 1.28 bits per heavy atom. The summed E-state index contributed by atoms with van der Waals surface area (Å²) in [5.74, 6) is -0.01000. The first-order valence-electron chi connectivity index (χ1n) is 9.12. The first kappa shape index (κ1) is 18.8. The minimum atomic E-state index is -0.477. The quantitative estimate of drug-likeness (QED) is 0.629. The standard InChI is InChI=1S/C21H19FN4O3/c1-13-23-20(29-24-13)19-11-16(25-28-2)12-26(19)21(27)15-8-9-17(18(22)10-15)14-6-4-3-5-7-14/h3-10,19H,11-12H2,1-2H3/b25-16-/t19-/m0/s1. The second-order valence-electron chi connectivity index (χ2n) is 6.73. The van der Waals surface area contributed by atoms with Gasteiger partial charge in [0.25, 0.3) is 5.91 Å². The normalized spacial score (nSPS) is 17.7. The largest absolute Gasteiger partial charge is 0.399 e. The summed E-state index contributed by atoms with van der Waals surface area (Å²) in [5.41, 5.74) is 2.10. The molecule has 1 aliphatic heterocycles. The molecule has 29 heavy (non-hydrogen) atoms. The molecule has 3 aromatic rings. The van der Waals surface area contributed by atoms with Gasteiger partial charge in [0, 0.05) is 17.5 Å². The smallest absolute Gasteiger partial charge is 0.254 e. The highest BCUT2D eigenvalue weighted by atomic mass is 19.1. The third-order valence-corrected chi connectivity index (χ3v) is 4.77. The van der Waals surface area contributed by atoms with Crippen LogP contribution in [0, 0.1) is 12.7 Å². The maximum Gasteiger partial charge on any atom is 0.254 e. The van der Waals surface area contributed by atoms with Gasteiger partial charge in [-0.25, -0.2) is 4.39 Å². The average Bonchev–Trinajstić information content (AvgIpc) is 3.34. The van der Waals surface area contributed by atoms with E-state index in [9.17, 15) is 9.18 Å². The van der Waals surface area contributed by atoms with Gasteiger partial charge < -0.3 is 14.3 Å². The van der Waals surface area contributed by atoms with Crippen molar-refractivity contribution in [2.45, 2.75) is 19.4 Å². The maximum atomic E-state index is 14.7. The van der Waals surface area contributed by atoms with E-state index in [-0.39, 0.29) is 18.0 Å². The third kappa shape index (κ3) is 3.73. The molecule has 0 radical (unpaired) electrons. The van der Waals surface area contributed by atoms with Crippen molar-refractivity contribution in [2.24, 2.45) is 5.16 Å². The first-order valence-corrected chi connectivity index (χ1v) is 9.12. The zero-order valence-electron chi connectivity index (χ0n) is 16.0. The van der Waals surface area contributed by atoms with Crippen LogP contribution in [-0.4, -0.2) is 40.3 Å². The highest BCUT2D eigenvalue weighted by molar-refractivity contribution is 6.00. The molecule has 4 rings (SSSR count). The van der Waals surface area contributed by atoms with Crippen LogP contribution in [0.5, 0.6) is 0 Å². The number of likely N-dealkylation sites (tertiary alicyclic amines) is 1. The Bertz CT molecular complexity index is 1060. The van der Waals surface area contributed by atoms with E-state index < -0.39 is 11.9 Å².